The molecule has 0 heterocycles. The zero-order valence-electron chi connectivity index (χ0n) is 1.54. The smallest absolute Gasteiger partial charge is 0 e. The van der Waals surface area contributed by atoms with E-state index in [4.69, 9.17) is 0 Å². The number of hydrogen-bond donors (Lipinski definition) is 0. The molecule has 0 spiro atoms. The minimum absolute atomic E-state index is 0. The van der Waals surface area contributed by atoms with E-state index in [0.29, 0.717) is 0 Å². The Kier molecular flexibility index (Phi) is 124. The van der Waals surface area contributed by atoms with Gasteiger partial charge in [-0.05, 0) is 0 Å². The second-order valence-corrected chi connectivity index (χ2v) is 0. The average molecular weight is 660 g/mol. The van der Waals surface area contributed by atoms with E-state index in [1.807, 2.05) is 0 Å². The van der Waals surface area contributed by atoms with E-state index in [1.165, 1.54) is 0 Å². The summed E-state index contributed by atoms with van der Waals surface area (Å²) >= 11 is 0. The van der Waals surface area contributed by atoms with Crippen LogP contribution in [-0.2, 0) is 85.8 Å². The summed E-state index contributed by atoms with van der Waals surface area (Å²) < 4.78 is 0. The van der Waals surface area contributed by atoms with E-state index in [0.717, 1.165) is 0 Å². The number of hydrogen-bond acceptors (Lipinski definition) is 0. The molecule has 0 atom stereocenters. The van der Waals surface area contributed by atoms with Gasteiger partial charge in [-0.1, -0.05) is 0 Å². The molecule has 29 valence electrons. The van der Waals surface area contributed by atoms with Crippen LogP contribution >= 0.6 is 0 Å². The molecule has 0 aliphatic carbocycles. The topological polar surface area (TPSA) is 0 Å². The Morgan fingerprint density at radius 1 is 1.00 bits per heavy atom. The molecule has 4 heavy (non-hydrogen) atoms. The molecule has 0 saturated heterocycles. The first-order chi connectivity index (χ1) is 0. The van der Waals surface area contributed by atoms with Gasteiger partial charge in [0.15, 0.2) is 0 Å². The third-order valence-electron chi connectivity index (χ3n) is 0. The molecule has 0 aromatic rings. The Bertz CT molecular complexity index is 8.00. The molecule has 4 heteroatoms. The molecule has 0 fully saturated rings. The van der Waals surface area contributed by atoms with Crippen molar-refractivity contribution in [3.05, 3.63) is 0 Å². The molecule has 0 nitrogen and oxygen atoms in total. The average Bonchev–Trinajstić information content (AvgIpc) is 0. The molecule has 0 N–H and O–H groups in total. The van der Waals surface area contributed by atoms with Crippen molar-refractivity contribution in [3.63, 3.8) is 0 Å². The maximum atomic E-state index is 0. The van der Waals surface area contributed by atoms with Crippen LogP contribution in [0, 0.1) is 0 Å². The summed E-state index contributed by atoms with van der Waals surface area (Å²) in [4.78, 5) is 0. The summed E-state index contributed by atoms with van der Waals surface area (Å²) in [6.45, 7) is 0. The third-order valence-corrected chi connectivity index (χ3v) is 0. The monoisotopic (exact) mass is 663 g/mol. The minimum atomic E-state index is 0. The molecule has 0 bridgehead atoms. The summed E-state index contributed by atoms with van der Waals surface area (Å²) in [6, 6.07) is 0. The van der Waals surface area contributed by atoms with Crippen molar-refractivity contribution in [2.45, 2.75) is 0 Å². The standard InChI is InChI=1S/Hf.Ir.Re.Rh. The van der Waals surface area contributed by atoms with Gasteiger partial charge < -0.3 is 0 Å². The van der Waals surface area contributed by atoms with Crippen LogP contribution in [0.1, 0.15) is 0 Å². The van der Waals surface area contributed by atoms with Gasteiger partial charge in [-0.2, -0.15) is 0 Å². The molecular weight excluding hydrogens is 660 g/mol. The molecular formula is HfIrReRh. The zero-order chi connectivity index (χ0) is 0. The Balaban J connectivity index is 0. The van der Waals surface area contributed by atoms with Crippen molar-refractivity contribution in [1.82, 2.24) is 0 Å². The predicted molar refractivity (Wildman–Crippen MR) is 0 cm³/mol. The van der Waals surface area contributed by atoms with Crippen LogP contribution in [0.15, 0.2) is 0 Å². The third kappa shape index (κ3) is 8.84. The van der Waals surface area contributed by atoms with Crippen molar-refractivity contribution < 1.29 is 85.8 Å². The minimum Gasteiger partial charge on any atom is 0 e. The molecule has 0 unspecified atom stereocenters. The van der Waals surface area contributed by atoms with Crippen molar-refractivity contribution in [1.29, 1.82) is 0 Å². The summed E-state index contributed by atoms with van der Waals surface area (Å²) in [6.07, 6.45) is 0. The van der Waals surface area contributed by atoms with Gasteiger partial charge in [-0.3, -0.25) is 0 Å². The fourth-order valence-corrected chi connectivity index (χ4v) is 0. The Hall–Kier alpha value is 2.81. The fourth-order valence-electron chi connectivity index (χ4n) is 0. The molecule has 0 aliphatic heterocycles. The molecule has 0 amide bonds. The van der Waals surface area contributed by atoms with E-state index in [-0.39, 0.29) is 85.8 Å². The van der Waals surface area contributed by atoms with Crippen LogP contribution in [-0.4, -0.2) is 0 Å². The number of rotatable bonds is 0. The van der Waals surface area contributed by atoms with Gasteiger partial charge >= 0.3 is 0 Å². The van der Waals surface area contributed by atoms with Gasteiger partial charge in [0, 0.05) is 85.8 Å². The van der Waals surface area contributed by atoms with Crippen molar-refractivity contribution >= 4 is 0 Å². The Morgan fingerprint density at radius 2 is 1.00 bits per heavy atom. The largest absolute Gasteiger partial charge is 0 e. The van der Waals surface area contributed by atoms with Crippen molar-refractivity contribution in [2.24, 2.45) is 0 Å². The molecule has 0 saturated carbocycles. The summed E-state index contributed by atoms with van der Waals surface area (Å²) in [5.41, 5.74) is 0. The van der Waals surface area contributed by atoms with Crippen molar-refractivity contribution in [2.75, 3.05) is 0 Å². The normalized spacial score (nSPS) is 0. The summed E-state index contributed by atoms with van der Waals surface area (Å²) in [5.74, 6) is 0. The molecule has 0 rings (SSSR count). The van der Waals surface area contributed by atoms with Gasteiger partial charge in [0.25, 0.3) is 0 Å². The van der Waals surface area contributed by atoms with Gasteiger partial charge in [0.2, 0.25) is 0 Å². The van der Waals surface area contributed by atoms with Crippen LogP contribution in [0.4, 0.5) is 0 Å². The van der Waals surface area contributed by atoms with E-state index >= 15 is 0 Å². The first-order valence-electron chi connectivity index (χ1n) is 0. The molecule has 0 aromatic heterocycles. The van der Waals surface area contributed by atoms with Crippen LogP contribution in [0.25, 0.3) is 0 Å². The van der Waals surface area contributed by atoms with Gasteiger partial charge in [-0.15, -0.1) is 0 Å². The second kappa shape index (κ2) is 17.0. The van der Waals surface area contributed by atoms with E-state index in [2.05, 4.69) is 0 Å². The quantitative estimate of drug-likeness (QED) is 0.322. The van der Waals surface area contributed by atoms with Crippen LogP contribution in [0.2, 0.25) is 0 Å². The van der Waals surface area contributed by atoms with E-state index in [1.54, 1.807) is 0 Å². The Morgan fingerprint density at radius 3 is 1.00 bits per heavy atom. The molecule has 0 aliphatic rings. The molecule has 0 aromatic carbocycles. The first-order valence-corrected chi connectivity index (χ1v) is 0. The second-order valence-electron chi connectivity index (χ2n) is 0. The maximum absolute atomic E-state index is 0. The summed E-state index contributed by atoms with van der Waals surface area (Å²) in [5, 5.41) is 0. The predicted octanol–water partition coefficient (Wildman–Crippen LogP) is -0.0100. The van der Waals surface area contributed by atoms with Crippen molar-refractivity contribution in [3.8, 4) is 0 Å². The Labute approximate surface area is 84.4 Å². The maximum Gasteiger partial charge on any atom is 0 e. The summed E-state index contributed by atoms with van der Waals surface area (Å²) in [7, 11) is 0. The van der Waals surface area contributed by atoms with E-state index < -0.39 is 0 Å². The van der Waals surface area contributed by atoms with Crippen LogP contribution < -0.4 is 0 Å². The SMILES string of the molecule is [Hf].[Ir].[Re].[Rh]. The van der Waals surface area contributed by atoms with Gasteiger partial charge in [-0.25, -0.2) is 0 Å². The van der Waals surface area contributed by atoms with Crippen LogP contribution in [0.3, 0.4) is 0 Å². The fraction of sp³-hybridized carbons (Fsp3) is 0. The van der Waals surface area contributed by atoms with Gasteiger partial charge in [0.05, 0.1) is 0 Å². The molecule has 3 radical (unpaired) electrons. The van der Waals surface area contributed by atoms with E-state index in [9.17, 15) is 0 Å². The van der Waals surface area contributed by atoms with Gasteiger partial charge in [0.1, 0.15) is 0 Å². The zero-order valence-corrected chi connectivity index (χ0v) is 11.9. The van der Waals surface area contributed by atoms with Crippen LogP contribution in [0.5, 0.6) is 0 Å². The first kappa shape index (κ1) is 29.1.